The number of aromatic amines is 2. The SMILES string of the molecule is Cc1cccc(Cn2c(=O)[nH][nH]c2=S)n1. The Morgan fingerprint density at radius 1 is 1.47 bits per heavy atom. The number of hydrogen-bond donors (Lipinski definition) is 2. The molecule has 5 nitrogen and oxygen atoms in total. The molecule has 0 radical (unpaired) electrons. The fraction of sp³-hybridized carbons (Fsp3) is 0.222. The minimum absolute atomic E-state index is 0.247. The Hall–Kier alpha value is -1.69. The summed E-state index contributed by atoms with van der Waals surface area (Å²) in [5.41, 5.74) is 1.49. The van der Waals surface area contributed by atoms with Gasteiger partial charge in [0.1, 0.15) is 0 Å². The van der Waals surface area contributed by atoms with Crippen molar-refractivity contribution in [1.29, 1.82) is 0 Å². The fourth-order valence-corrected chi connectivity index (χ4v) is 1.53. The lowest BCUT2D eigenvalue weighted by atomic mass is 10.3. The van der Waals surface area contributed by atoms with E-state index in [2.05, 4.69) is 15.2 Å². The lowest BCUT2D eigenvalue weighted by Gasteiger charge is -2.00. The minimum atomic E-state index is -0.247. The summed E-state index contributed by atoms with van der Waals surface area (Å²) in [6.45, 7) is 2.30. The molecule has 0 aliphatic heterocycles. The zero-order valence-corrected chi connectivity index (χ0v) is 8.97. The van der Waals surface area contributed by atoms with Gasteiger partial charge in [-0.2, -0.15) is 0 Å². The lowest BCUT2D eigenvalue weighted by Crippen LogP contribution is -2.18. The second-order valence-corrected chi connectivity index (χ2v) is 3.60. The van der Waals surface area contributed by atoms with E-state index in [4.69, 9.17) is 12.2 Å². The highest BCUT2D eigenvalue weighted by Gasteiger charge is 2.02. The van der Waals surface area contributed by atoms with E-state index in [-0.39, 0.29) is 5.69 Å². The third-order valence-corrected chi connectivity index (χ3v) is 2.36. The molecule has 78 valence electrons. The van der Waals surface area contributed by atoms with Crippen LogP contribution in [0, 0.1) is 11.7 Å². The predicted octanol–water partition coefficient (Wildman–Crippen LogP) is 0.986. The molecule has 0 aromatic carbocycles. The summed E-state index contributed by atoms with van der Waals surface area (Å²) in [6, 6.07) is 5.67. The van der Waals surface area contributed by atoms with Crippen molar-refractivity contribution < 1.29 is 0 Å². The molecule has 0 unspecified atom stereocenters. The molecule has 0 spiro atoms. The predicted molar refractivity (Wildman–Crippen MR) is 58.3 cm³/mol. The molecule has 2 aromatic heterocycles. The molecule has 2 heterocycles. The quantitative estimate of drug-likeness (QED) is 0.744. The van der Waals surface area contributed by atoms with Crippen LogP contribution in [-0.2, 0) is 6.54 Å². The molecular formula is C9H10N4OS. The average Bonchev–Trinajstić information content (AvgIpc) is 2.50. The van der Waals surface area contributed by atoms with Crippen LogP contribution in [0.3, 0.4) is 0 Å². The Balaban J connectivity index is 2.38. The van der Waals surface area contributed by atoms with E-state index in [1.54, 1.807) is 0 Å². The van der Waals surface area contributed by atoms with Gasteiger partial charge in [0.15, 0.2) is 4.77 Å². The van der Waals surface area contributed by atoms with E-state index in [9.17, 15) is 4.79 Å². The van der Waals surface area contributed by atoms with Gasteiger partial charge in [-0.3, -0.25) is 14.6 Å². The van der Waals surface area contributed by atoms with E-state index in [1.165, 1.54) is 4.57 Å². The second kappa shape index (κ2) is 3.82. The molecule has 0 aliphatic rings. The normalized spacial score (nSPS) is 10.5. The highest BCUT2D eigenvalue weighted by Crippen LogP contribution is 1.99. The molecular weight excluding hydrogens is 212 g/mol. The maximum Gasteiger partial charge on any atom is 0.342 e. The molecule has 2 rings (SSSR count). The number of rotatable bonds is 2. The van der Waals surface area contributed by atoms with Crippen molar-refractivity contribution >= 4 is 12.2 Å². The monoisotopic (exact) mass is 222 g/mol. The first kappa shape index (κ1) is 9.85. The van der Waals surface area contributed by atoms with Crippen LogP contribution >= 0.6 is 12.2 Å². The van der Waals surface area contributed by atoms with Gasteiger partial charge in [-0.1, -0.05) is 6.07 Å². The summed E-state index contributed by atoms with van der Waals surface area (Å²) >= 11 is 4.95. The van der Waals surface area contributed by atoms with E-state index in [0.717, 1.165) is 11.4 Å². The number of aromatic nitrogens is 4. The van der Waals surface area contributed by atoms with Crippen LogP contribution in [-0.4, -0.2) is 19.7 Å². The van der Waals surface area contributed by atoms with Crippen LogP contribution in [0.25, 0.3) is 0 Å². The largest absolute Gasteiger partial charge is 0.342 e. The molecule has 0 aliphatic carbocycles. The van der Waals surface area contributed by atoms with Crippen molar-refractivity contribution in [3.8, 4) is 0 Å². The van der Waals surface area contributed by atoms with Gasteiger partial charge in [0, 0.05) is 5.69 Å². The molecule has 2 aromatic rings. The second-order valence-electron chi connectivity index (χ2n) is 3.22. The Bertz CT molecular complexity index is 553. The van der Waals surface area contributed by atoms with Crippen molar-refractivity contribution in [2.45, 2.75) is 13.5 Å². The zero-order valence-electron chi connectivity index (χ0n) is 8.15. The molecule has 0 atom stereocenters. The smallest absolute Gasteiger partial charge is 0.272 e. The summed E-state index contributed by atoms with van der Waals surface area (Å²) in [5, 5.41) is 5.01. The van der Waals surface area contributed by atoms with Gasteiger partial charge in [0.05, 0.1) is 12.2 Å². The highest BCUT2D eigenvalue weighted by atomic mass is 32.1. The van der Waals surface area contributed by atoms with Crippen molar-refractivity contribution in [1.82, 2.24) is 19.7 Å². The van der Waals surface area contributed by atoms with E-state index >= 15 is 0 Å². The third-order valence-electron chi connectivity index (χ3n) is 2.03. The van der Waals surface area contributed by atoms with Crippen LogP contribution in [0.5, 0.6) is 0 Å². The lowest BCUT2D eigenvalue weighted by molar-refractivity contribution is 0.729. The van der Waals surface area contributed by atoms with Gasteiger partial charge >= 0.3 is 5.69 Å². The van der Waals surface area contributed by atoms with Gasteiger partial charge in [-0.15, -0.1) is 0 Å². The summed E-state index contributed by atoms with van der Waals surface area (Å²) in [6.07, 6.45) is 0. The van der Waals surface area contributed by atoms with Crippen LogP contribution < -0.4 is 5.69 Å². The van der Waals surface area contributed by atoms with E-state index in [0.29, 0.717) is 11.3 Å². The maximum absolute atomic E-state index is 11.3. The number of pyridine rings is 1. The number of H-pyrrole nitrogens is 2. The van der Waals surface area contributed by atoms with Crippen LogP contribution in [0.1, 0.15) is 11.4 Å². The molecule has 0 bridgehead atoms. The Morgan fingerprint density at radius 2 is 2.27 bits per heavy atom. The van der Waals surface area contributed by atoms with Gasteiger partial charge < -0.3 is 0 Å². The van der Waals surface area contributed by atoms with Gasteiger partial charge in [-0.05, 0) is 31.3 Å². The van der Waals surface area contributed by atoms with Gasteiger partial charge in [0.25, 0.3) is 0 Å². The number of nitrogens with zero attached hydrogens (tertiary/aromatic N) is 2. The molecule has 0 fully saturated rings. The molecule has 0 amide bonds. The van der Waals surface area contributed by atoms with Gasteiger partial charge in [-0.25, -0.2) is 9.89 Å². The Morgan fingerprint density at radius 3 is 2.87 bits per heavy atom. The number of nitrogens with one attached hydrogen (secondary N) is 2. The first-order valence-electron chi connectivity index (χ1n) is 4.47. The number of aryl methyl sites for hydroxylation is 1. The molecule has 0 saturated carbocycles. The van der Waals surface area contributed by atoms with Crippen molar-refractivity contribution in [3.05, 3.63) is 44.8 Å². The van der Waals surface area contributed by atoms with Crippen molar-refractivity contribution in [2.24, 2.45) is 0 Å². The Labute approximate surface area is 90.8 Å². The van der Waals surface area contributed by atoms with E-state index < -0.39 is 0 Å². The van der Waals surface area contributed by atoms with Crippen LogP contribution in [0.2, 0.25) is 0 Å². The molecule has 15 heavy (non-hydrogen) atoms. The number of hydrogen-bond acceptors (Lipinski definition) is 3. The van der Waals surface area contributed by atoms with Crippen LogP contribution in [0.4, 0.5) is 0 Å². The average molecular weight is 222 g/mol. The maximum atomic E-state index is 11.3. The summed E-state index contributed by atoms with van der Waals surface area (Å²) in [5.74, 6) is 0. The summed E-state index contributed by atoms with van der Waals surface area (Å²) in [4.78, 5) is 15.6. The molecule has 2 N–H and O–H groups in total. The highest BCUT2D eigenvalue weighted by molar-refractivity contribution is 7.71. The zero-order chi connectivity index (χ0) is 10.8. The molecule has 6 heteroatoms. The minimum Gasteiger partial charge on any atom is -0.272 e. The summed E-state index contributed by atoms with van der Waals surface area (Å²) < 4.78 is 1.81. The van der Waals surface area contributed by atoms with E-state index in [1.807, 2.05) is 25.1 Å². The first-order valence-corrected chi connectivity index (χ1v) is 4.87. The first-order chi connectivity index (χ1) is 7.16. The molecule has 0 saturated heterocycles. The van der Waals surface area contributed by atoms with Crippen LogP contribution in [0.15, 0.2) is 23.0 Å². The van der Waals surface area contributed by atoms with Crippen molar-refractivity contribution in [3.63, 3.8) is 0 Å². The van der Waals surface area contributed by atoms with Crippen molar-refractivity contribution in [2.75, 3.05) is 0 Å². The topological polar surface area (TPSA) is 66.5 Å². The third kappa shape index (κ3) is 2.04. The Kier molecular flexibility index (Phi) is 2.51. The fourth-order valence-electron chi connectivity index (χ4n) is 1.33. The summed E-state index contributed by atoms with van der Waals surface area (Å²) in [7, 11) is 0. The van der Waals surface area contributed by atoms with Gasteiger partial charge in [0.2, 0.25) is 0 Å². The standard InChI is InChI=1S/C9H10N4OS/c1-6-3-2-4-7(10-6)5-13-8(14)11-12-9(13)15/h2-4H,5H2,1H3,(H,11,14)(H,12,15).